The van der Waals surface area contributed by atoms with Gasteiger partial charge in [0.25, 0.3) is 5.91 Å². The maximum Gasteiger partial charge on any atom is 0.320 e. The minimum absolute atomic E-state index is 0.00890. The van der Waals surface area contributed by atoms with Gasteiger partial charge in [-0.2, -0.15) is 0 Å². The normalized spacial score (nSPS) is 17.8. The largest absolute Gasteiger partial charge is 0.494 e. The number of carbonyl (C=O) groups excluding carboxylic acids is 2. The van der Waals surface area contributed by atoms with Crippen LogP contribution in [0.15, 0.2) is 58.4 Å². The molecule has 0 bridgehead atoms. The molecule has 3 rings (SSSR count). The van der Waals surface area contributed by atoms with E-state index in [-0.39, 0.29) is 17.8 Å². The zero-order valence-corrected chi connectivity index (χ0v) is 20.7. The second kappa shape index (κ2) is 12.9. The number of carbonyl (C=O) groups is 2. The van der Waals surface area contributed by atoms with Crippen LogP contribution in [0.5, 0.6) is 5.88 Å². The van der Waals surface area contributed by atoms with Crippen molar-refractivity contribution in [1.29, 1.82) is 0 Å². The molecule has 2 aliphatic heterocycles. The number of aromatic amines is 1. The average Bonchev–Trinajstić information content (AvgIpc) is 3.15. The first kappa shape index (κ1) is 26.2. The topological polar surface area (TPSA) is 110 Å². The van der Waals surface area contributed by atoms with Gasteiger partial charge in [-0.3, -0.25) is 24.4 Å². The summed E-state index contributed by atoms with van der Waals surface area (Å²) in [6, 6.07) is 9.10. The number of amides is 1. The number of aliphatic imine (C=N–C) groups is 1. The smallest absolute Gasteiger partial charge is 0.320 e. The van der Waals surface area contributed by atoms with Gasteiger partial charge in [-0.25, -0.2) is 0 Å². The van der Waals surface area contributed by atoms with Crippen molar-refractivity contribution in [3.63, 3.8) is 0 Å². The molecule has 1 saturated heterocycles. The number of allylic oxidation sites excluding steroid dienone is 1. The summed E-state index contributed by atoms with van der Waals surface area (Å²) in [5.41, 5.74) is 3.20. The third kappa shape index (κ3) is 7.53. The molecule has 0 atom stereocenters. The summed E-state index contributed by atoms with van der Waals surface area (Å²) in [5, 5.41) is 13.3. The summed E-state index contributed by atoms with van der Waals surface area (Å²) < 4.78 is 5.01. The molecule has 9 heteroatoms. The van der Waals surface area contributed by atoms with Gasteiger partial charge < -0.3 is 20.1 Å². The van der Waals surface area contributed by atoms with Gasteiger partial charge in [0.15, 0.2) is 5.88 Å². The van der Waals surface area contributed by atoms with E-state index < -0.39 is 0 Å². The lowest BCUT2D eigenvalue weighted by atomic mass is 10.0. The van der Waals surface area contributed by atoms with E-state index in [2.05, 4.69) is 25.1 Å². The number of nitrogens with zero attached hydrogens (tertiary/aromatic N) is 3. The summed E-state index contributed by atoms with van der Waals surface area (Å²) in [5.74, 6) is -0.328. The molecule has 0 radical (unpaired) electrons. The number of aromatic hydroxyl groups is 1. The Hall–Kier alpha value is -3.43. The number of aromatic nitrogens is 1. The highest BCUT2D eigenvalue weighted by Gasteiger charge is 2.24. The highest BCUT2D eigenvalue weighted by atomic mass is 16.5. The number of nitrogens with one attached hydrogen (secondary N) is 2. The monoisotopic (exact) mass is 481 g/mol. The number of hydrogen-bond acceptors (Lipinski definition) is 7. The quantitative estimate of drug-likeness (QED) is 0.492. The number of hydrogen-bond donors (Lipinski definition) is 3. The van der Waals surface area contributed by atoms with Gasteiger partial charge in [-0.05, 0) is 44.6 Å². The van der Waals surface area contributed by atoms with Crippen LogP contribution in [0.3, 0.4) is 0 Å². The standard InChI is InChI=1S/C26H35N5O4/c1-4-35-23(32)18-31-15-13-30(14-16-31)12-11-28-26(34)24-19(2)22(29-20(24)3)17-21-9-7-5-6-8-10-27-25(21)33/h5-10,17,27,33H,4,11-16,18H2,1-3H3,(H,28,34)/b6-5?,9-7?,10-8?,22-17-,25-21?. The molecule has 0 aliphatic carbocycles. The Morgan fingerprint density at radius 3 is 2.60 bits per heavy atom. The molecule has 0 unspecified atom stereocenters. The van der Waals surface area contributed by atoms with Crippen molar-refractivity contribution < 1.29 is 19.4 Å². The SMILES string of the molecule is CCOC(=O)CN1CCN(CCNC(=O)C2=C(C)/C(=C/c3cccccc[nH]c3O)N=C2C)CC1. The highest BCUT2D eigenvalue weighted by molar-refractivity contribution is 6.24. The minimum atomic E-state index is -0.184. The van der Waals surface area contributed by atoms with E-state index in [0.29, 0.717) is 42.2 Å². The fraction of sp³-hybridized carbons (Fsp3) is 0.423. The molecule has 0 saturated carbocycles. The molecule has 188 valence electrons. The van der Waals surface area contributed by atoms with Crippen LogP contribution in [0, 0.1) is 0 Å². The van der Waals surface area contributed by atoms with Crippen LogP contribution in [0.2, 0.25) is 0 Å². The molecular formula is C26H35N5O4. The summed E-state index contributed by atoms with van der Waals surface area (Å²) in [7, 11) is 0. The van der Waals surface area contributed by atoms with E-state index in [9.17, 15) is 14.7 Å². The molecule has 3 N–H and O–H groups in total. The number of H-pyrrole nitrogens is 1. The Balaban J connectivity index is 1.56. The predicted octanol–water partition coefficient (Wildman–Crippen LogP) is 2.27. The predicted molar refractivity (Wildman–Crippen MR) is 136 cm³/mol. The Morgan fingerprint density at radius 2 is 1.86 bits per heavy atom. The van der Waals surface area contributed by atoms with Crippen molar-refractivity contribution in [3.05, 3.63) is 58.9 Å². The van der Waals surface area contributed by atoms with Crippen LogP contribution in [-0.2, 0) is 14.3 Å². The van der Waals surface area contributed by atoms with Crippen molar-refractivity contribution >= 4 is 23.7 Å². The number of piperazine rings is 1. The maximum absolute atomic E-state index is 12.9. The molecule has 3 heterocycles. The lowest BCUT2D eigenvalue weighted by molar-refractivity contribution is -0.144. The van der Waals surface area contributed by atoms with Crippen molar-refractivity contribution in [2.75, 3.05) is 52.4 Å². The summed E-state index contributed by atoms with van der Waals surface area (Å²) >= 11 is 0. The summed E-state index contributed by atoms with van der Waals surface area (Å²) in [4.78, 5) is 36.3. The van der Waals surface area contributed by atoms with Crippen molar-refractivity contribution in [2.45, 2.75) is 20.8 Å². The fourth-order valence-corrected chi connectivity index (χ4v) is 4.07. The third-order valence-corrected chi connectivity index (χ3v) is 5.96. The van der Waals surface area contributed by atoms with Crippen LogP contribution in [0.4, 0.5) is 0 Å². The second-order valence-corrected chi connectivity index (χ2v) is 8.46. The maximum atomic E-state index is 12.9. The van der Waals surface area contributed by atoms with Crippen molar-refractivity contribution in [1.82, 2.24) is 20.1 Å². The molecule has 1 fully saturated rings. The van der Waals surface area contributed by atoms with Crippen LogP contribution < -0.4 is 5.32 Å². The van der Waals surface area contributed by atoms with Gasteiger partial charge in [-0.1, -0.05) is 18.2 Å². The summed E-state index contributed by atoms with van der Waals surface area (Å²) in [6.07, 6.45) is 3.41. The molecule has 0 spiro atoms. The van der Waals surface area contributed by atoms with Gasteiger partial charge in [0.2, 0.25) is 0 Å². The third-order valence-electron chi connectivity index (χ3n) is 5.96. The molecule has 1 aromatic rings. The van der Waals surface area contributed by atoms with Crippen molar-refractivity contribution in [3.8, 4) is 5.88 Å². The van der Waals surface area contributed by atoms with E-state index >= 15 is 0 Å². The number of ether oxygens (including phenoxy) is 1. The van der Waals surface area contributed by atoms with Gasteiger partial charge in [0.1, 0.15) is 0 Å². The van der Waals surface area contributed by atoms with E-state index in [1.807, 2.05) is 39.0 Å². The van der Waals surface area contributed by atoms with Gasteiger partial charge >= 0.3 is 5.97 Å². The van der Waals surface area contributed by atoms with Gasteiger partial charge in [-0.15, -0.1) is 0 Å². The van der Waals surface area contributed by atoms with Crippen LogP contribution in [0.25, 0.3) is 6.08 Å². The molecule has 9 nitrogen and oxygen atoms in total. The van der Waals surface area contributed by atoms with Crippen LogP contribution in [-0.4, -0.2) is 89.9 Å². The number of esters is 1. The molecule has 1 aromatic heterocycles. The Bertz CT molecular complexity index is 1060. The first-order valence-corrected chi connectivity index (χ1v) is 12.0. The molecule has 1 amide bonds. The van der Waals surface area contributed by atoms with E-state index in [4.69, 9.17) is 4.74 Å². The molecule has 0 aromatic carbocycles. The Labute approximate surface area is 206 Å². The van der Waals surface area contributed by atoms with Gasteiger partial charge in [0.05, 0.1) is 30.1 Å². The zero-order chi connectivity index (χ0) is 25.2. The molecule has 35 heavy (non-hydrogen) atoms. The fourth-order valence-electron chi connectivity index (χ4n) is 4.07. The first-order chi connectivity index (χ1) is 16.9. The van der Waals surface area contributed by atoms with E-state index in [1.165, 1.54) is 0 Å². The Morgan fingerprint density at radius 1 is 1.14 bits per heavy atom. The van der Waals surface area contributed by atoms with E-state index in [0.717, 1.165) is 38.3 Å². The minimum Gasteiger partial charge on any atom is -0.494 e. The van der Waals surface area contributed by atoms with Crippen molar-refractivity contribution in [2.24, 2.45) is 4.99 Å². The molecular weight excluding hydrogens is 446 g/mol. The zero-order valence-electron chi connectivity index (χ0n) is 20.7. The second-order valence-electron chi connectivity index (χ2n) is 8.46. The summed E-state index contributed by atoms with van der Waals surface area (Å²) in [6.45, 7) is 10.8. The van der Waals surface area contributed by atoms with Crippen LogP contribution >= 0.6 is 0 Å². The Kier molecular flexibility index (Phi) is 9.63. The van der Waals surface area contributed by atoms with Crippen LogP contribution in [0.1, 0.15) is 26.3 Å². The van der Waals surface area contributed by atoms with E-state index in [1.54, 1.807) is 24.4 Å². The van der Waals surface area contributed by atoms with Gasteiger partial charge in [0, 0.05) is 51.0 Å². The highest BCUT2D eigenvalue weighted by Crippen LogP contribution is 2.28. The number of rotatable bonds is 8. The molecule has 2 aliphatic rings. The lowest BCUT2D eigenvalue weighted by Crippen LogP contribution is -2.49. The average molecular weight is 482 g/mol. The lowest BCUT2D eigenvalue weighted by Gasteiger charge is -2.34. The first-order valence-electron chi connectivity index (χ1n) is 12.0.